The number of aromatic nitrogens is 5. The first-order valence-corrected chi connectivity index (χ1v) is 9.96. The third kappa shape index (κ3) is 4.00. The largest absolute Gasteiger partial charge is 0.467 e. The zero-order chi connectivity index (χ0) is 19.5. The summed E-state index contributed by atoms with van der Waals surface area (Å²) in [6.45, 7) is 9.27. The summed E-state index contributed by atoms with van der Waals surface area (Å²) in [5.74, 6) is 3.09. The van der Waals surface area contributed by atoms with Gasteiger partial charge >= 0.3 is 0 Å². The van der Waals surface area contributed by atoms with Crippen LogP contribution in [-0.4, -0.2) is 55.4 Å². The van der Waals surface area contributed by atoms with Gasteiger partial charge in [0.15, 0.2) is 4.77 Å². The maximum atomic E-state index is 5.74. The molecule has 1 saturated heterocycles. The fourth-order valence-corrected chi connectivity index (χ4v) is 3.70. The smallest absolute Gasteiger partial charge is 0.199 e. The summed E-state index contributed by atoms with van der Waals surface area (Å²) in [4.78, 5) is 13.2. The molecule has 0 saturated carbocycles. The molecule has 4 rings (SSSR count). The number of nitrogens with zero attached hydrogens (tertiary/aromatic N) is 7. The number of anilines is 1. The summed E-state index contributed by atoms with van der Waals surface area (Å²) in [6.07, 6.45) is 6.94. The maximum absolute atomic E-state index is 5.74. The van der Waals surface area contributed by atoms with E-state index in [9.17, 15) is 0 Å². The van der Waals surface area contributed by atoms with Gasteiger partial charge < -0.3 is 9.32 Å². The van der Waals surface area contributed by atoms with Crippen molar-refractivity contribution < 1.29 is 4.42 Å². The predicted molar refractivity (Wildman–Crippen MR) is 109 cm³/mol. The van der Waals surface area contributed by atoms with Crippen molar-refractivity contribution >= 4 is 18.0 Å². The van der Waals surface area contributed by atoms with E-state index >= 15 is 0 Å². The molecule has 0 bridgehead atoms. The minimum atomic E-state index is 0.284. The van der Waals surface area contributed by atoms with Crippen LogP contribution < -0.4 is 4.90 Å². The number of hydrogen-bond donors (Lipinski definition) is 0. The molecule has 4 heterocycles. The van der Waals surface area contributed by atoms with E-state index in [0.29, 0.717) is 13.2 Å². The van der Waals surface area contributed by atoms with Gasteiger partial charge in [0.1, 0.15) is 17.4 Å². The molecule has 1 aliphatic heterocycles. The van der Waals surface area contributed by atoms with Crippen molar-refractivity contribution in [3.8, 4) is 0 Å². The maximum Gasteiger partial charge on any atom is 0.199 e. The molecule has 3 aromatic heterocycles. The highest BCUT2D eigenvalue weighted by Crippen LogP contribution is 2.17. The van der Waals surface area contributed by atoms with Crippen molar-refractivity contribution in [1.82, 2.24) is 29.2 Å². The van der Waals surface area contributed by atoms with Gasteiger partial charge in [-0.2, -0.15) is 5.10 Å². The average Bonchev–Trinajstić information content (AvgIpc) is 3.33. The van der Waals surface area contributed by atoms with Gasteiger partial charge in [0.2, 0.25) is 0 Å². The standard InChI is InChI=1S/C19H25N7OS/c1-15(2)18-22-26(19(28)25(18)13-16-4-3-11-27-16)14-23-7-9-24(10-8-23)17-12-20-5-6-21-17/h3-6,11-12,15H,7-10,13-14H2,1-2H3. The summed E-state index contributed by atoms with van der Waals surface area (Å²) in [5.41, 5.74) is 0. The first kappa shape index (κ1) is 18.8. The Bertz CT molecular complexity index is 941. The van der Waals surface area contributed by atoms with E-state index in [2.05, 4.69) is 38.2 Å². The lowest BCUT2D eigenvalue weighted by Crippen LogP contribution is -2.47. The quantitative estimate of drug-likeness (QED) is 0.590. The van der Waals surface area contributed by atoms with Crippen LogP contribution in [0.15, 0.2) is 41.4 Å². The third-order valence-electron chi connectivity index (χ3n) is 4.94. The van der Waals surface area contributed by atoms with Gasteiger partial charge in [-0.3, -0.25) is 14.5 Å². The molecule has 0 N–H and O–H groups in total. The van der Waals surface area contributed by atoms with E-state index in [1.165, 1.54) is 0 Å². The SMILES string of the molecule is CC(C)c1nn(CN2CCN(c3cnccn3)CC2)c(=S)n1Cc1ccco1. The van der Waals surface area contributed by atoms with Crippen molar-refractivity contribution in [2.45, 2.75) is 33.0 Å². The van der Waals surface area contributed by atoms with E-state index in [1.54, 1.807) is 18.7 Å². The van der Waals surface area contributed by atoms with Crippen LogP contribution in [0.4, 0.5) is 5.82 Å². The predicted octanol–water partition coefficient (Wildman–Crippen LogP) is 2.75. The summed E-state index contributed by atoms with van der Waals surface area (Å²) in [5, 5.41) is 4.82. The highest BCUT2D eigenvalue weighted by atomic mass is 32.1. The summed E-state index contributed by atoms with van der Waals surface area (Å²) in [7, 11) is 0. The molecule has 0 amide bonds. The van der Waals surface area contributed by atoms with E-state index in [1.807, 2.05) is 23.0 Å². The van der Waals surface area contributed by atoms with Gasteiger partial charge in [-0.05, 0) is 24.4 Å². The van der Waals surface area contributed by atoms with Gasteiger partial charge in [-0.15, -0.1) is 0 Å². The van der Waals surface area contributed by atoms with Crippen LogP contribution >= 0.6 is 12.2 Å². The molecule has 3 aromatic rings. The number of furan rings is 1. The van der Waals surface area contributed by atoms with Crippen molar-refractivity contribution in [2.75, 3.05) is 31.1 Å². The van der Waals surface area contributed by atoms with E-state index in [0.717, 1.165) is 48.4 Å². The van der Waals surface area contributed by atoms with Gasteiger partial charge in [0.25, 0.3) is 0 Å². The minimum Gasteiger partial charge on any atom is -0.467 e. The zero-order valence-electron chi connectivity index (χ0n) is 16.2. The number of piperazine rings is 1. The van der Waals surface area contributed by atoms with Crippen LogP contribution in [0, 0.1) is 4.77 Å². The first-order chi connectivity index (χ1) is 13.6. The molecule has 9 heteroatoms. The van der Waals surface area contributed by atoms with Crippen molar-refractivity contribution in [2.24, 2.45) is 0 Å². The lowest BCUT2D eigenvalue weighted by molar-refractivity contribution is 0.193. The second-order valence-corrected chi connectivity index (χ2v) is 7.64. The Hall–Kier alpha value is -2.52. The van der Waals surface area contributed by atoms with Crippen LogP contribution in [-0.2, 0) is 13.2 Å². The molecule has 1 aliphatic rings. The van der Waals surface area contributed by atoms with E-state index in [4.69, 9.17) is 21.7 Å². The molecule has 28 heavy (non-hydrogen) atoms. The first-order valence-electron chi connectivity index (χ1n) is 9.55. The molecule has 0 radical (unpaired) electrons. The van der Waals surface area contributed by atoms with Crippen LogP contribution in [0.1, 0.15) is 31.4 Å². The Morgan fingerprint density at radius 1 is 1.18 bits per heavy atom. The molecule has 1 fully saturated rings. The topological polar surface area (TPSA) is 68.2 Å². The third-order valence-corrected chi connectivity index (χ3v) is 5.37. The molecule has 0 unspecified atom stereocenters. The lowest BCUT2D eigenvalue weighted by atomic mass is 10.2. The normalized spacial score (nSPS) is 15.5. The van der Waals surface area contributed by atoms with Gasteiger partial charge in [-0.25, -0.2) is 9.67 Å². The van der Waals surface area contributed by atoms with Crippen LogP contribution in [0.2, 0.25) is 0 Å². The Morgan fingerprint density at radius 3 is 2.64 bits per heavy atom. The molecule has 0 spiro atoms. The Labute approximate surface area is 169 Å². The molecule has 0 aliphatic carbocycles. The van der Waals surface area contributed by atoms with Crippen LogP contribution in [0.25, 0.3) is 0 Å². The summed E-state index contributed by atoms with van der Waals surface area (Å²) < 4.78 is 10.3. The Balaban J connectivity index is 1.46. The summed E-state index contributed by atoms with van der Waals surface area (Å²) in [6, 6.07) is 3.87. The molecule has 148 valence electrons. The highest BCUT2D eigenvalue weighted by molar-refractivity contribution is 7.71. The second-order valence-electron chi connectivity index (χ2n) is 7.27. The molecular formula is C19H25N7OS. The summed E-state index contributed by atoms with van der Waals surface area (Å²) >= 11 is 5.74. The number of rotatable bonds is 6. The second kappa shape index (κ2) is 8.24. The van der Waals surface area contributed by atoms with Gasteiger partial charge in [0.05, 0.1) is 25.7 Å². The van der Waals surface area contributed by atoms with E-state index in [-0.39, 0.29) is 5.92 Å². The number of hydrogen-bond acceptors (Lipinski definition) is 7. The monoisotopic (exact) mass is 399 g/mol. The zero-order valence-corrected chi connectivity index (χ0v) is 17.0. The molecule has 8 nitrogen and oxygen atoms in total. The average molecular weight is 400 g/mol. The van der Waals surface area contributed by atoms with Crippen molar-refractivity contribution in [1.29, 1.82) is 0 Å². The van der Waals surface area contributed by atoms with Crippen LogP contribution in [0.5, 0.6) is 0 Å². The molecular weight excluding hydrogens is 374 g/mol. The fourth-order valence-electron chi connectivity index (χ4n) is 3.45. The minimum absolute atomic E-state index is 0.284. The van der Waals surface area contributed by atoms with Gasteiger partial charge in [-0.1, -0.05) is 13.8 Å². The van der Waals surface area contributed by atoms with Gasteiger partial charge in [0, 0.05) is 44.5 Å². The lowest BCUT2D eigenvalue weighted by Gasteiger charge is -2.34. The Morgan fingerprint density at radius 2 is 2.00 bits per heavy atom. The van der Waals surface area contributed by atoms with Crippen molar-refractivity contribution in [3.05, 3.63) is 53.3 Å². The molecule has 0 atom stereocenters. The molecule has 0 aromatic carbocycles. The highest BCUT2D eigenvalue weighted by Gasteiger charge is 2.21. The Kier molecular flexibility index (Phi) is 5.54. The van der Waals surface area contributed by atoms with Crippen LogP contribution in [0.3, 0.4) is 0 Å². The van der Waals surface area contributed by atoms with Crippen molar-refractivity contribution in [3.63, 3.8) is 0 Å². The fraction of sp³-hybridized carbons (Fsp3) is 0.474. The van der Waals surface area contributed by atoms with E-state index < -0.39 is 0 Å².